The van der Waals surface area contributed by atoms with E-state index >= 15 is 0 Å². The van der Waals surface area contributed by atoms with E-state index in [1.165, 1.54) is 0 Å². The number of hydrogen-bond acceptors (Lipinski definition) is 3. The Kier molecular flexibility index (Phi) is 6.67. The fourth-order valence-electron chi connectivity index (χ4n) is 1.33. The predicted octanol–water partition coefficient (Wildman–Crippen LogP) is 1.65. The van der Waals surface area contributed by atoms with Gasteiger partial charge in [-0.1, -0.05) is 24.9 Å². The minimum absolute atomic E-state index is 0.272. The van der Waals surface area contributed by atoms with Gasteiger partial charge in [0.25, 0.3) is 0 Å². The van der Waals surface area contributed by atoms with Gasteiger partial charge in [0.2, 0.25) is 0 Å². The number of halogens is 1. The molecule has 0 fully saturated rings. The fourth-order valence-corrected chi connectivity index (χ4v) is 1.51. The van der Waals surface area contributed by atoms with Crippen LogP contribution in [0.3, 0.4) is 0 Å². The molecule has 1 heterocycles. The Morgan fingerprint density at radius 3 is 3.00 bits per heavy atom. The molecule has 0 saturated carbocycles. The molecule has 4 N–H and O–H groups in total. The third kappa shape index (κ3) is 6.05. The molecule has 0 bridgehead atoms. The van der Waals surface area contributed by atoms with Gasteiger partial charge in [-0.2, -0.15) is 0 Å². The quantitative estimate of drug-likeness (QED) is 0.436. The molecule has 1 rings (SSSR count). The SMILES string of the molecule is CCCCNC(=NCc1ncccc1Cl)NC(N)=O. The number of unbranched alkanes of at least 4 members (excludes halogenated alkanes) is 1. The van der Waals surface area contributed by atoms with Gasteiger partial charge < -0.3 is 11.1 Å². The Bertz CT molecular complexity index is 450. The molecule has 0 spiro atoms. The van der Waals surface area contributed by atoms with Gasteiger partial charge in [0.1, 0.15) is 0 Å². The van der Waals surface area contributed by atoms with E-state index in [-0.39, 0.29) is 6.54 Å². The van der Waals surface area contributed by atoms with E-state index in [1.807, 2.05) is 0 Å². The van der Waals surface area contributed by atoms with Gasteiger partial charge in [-0.15, -0.1) is 0 Å². The van der Waals surface area contributed by atoms with Crippen molar-refractivity contribution in [2.75, 3.05) is 6.54 Å². The summed E-state index contributed by atoms with van der Waals surface area (Å²) < 4.78 is 0. The number of nitrogens with two attached hydrogens (primary N) is 1. The fraction of sp³-hybridized carbons (Fsp3) is 0.417. The number of urea groups is 1. The molecule has 0 radical (unpaired) electrons. The molecule has 0 atom stereocenters. The normalized spacial score (nSPS) is 11.2. The lowest BCUT2D eigenvalue weighted by molar-refractivity contribution is 0.253. The summed E-state index contributed by atoms with van der Waals surface area (Å²) in [5, 5.41) is 5.98. The number of guanidine groups is 1. The van der Waals surface area contributed by atoms with Crippen LogP contribution in [-0.4, -0.2) is 23.5 Å². The molecular weight excluding hydrogens is 266 g/mol. The molecule has 7 heteroatoms. The molecule has 0 aliphatic heterocycles. The van der Waals surface area contributed by atoms with Crippen molar-refractivity contribution in [1.29, 1.82) is 0 Å². The van der Waals surface area contributed by atoms with Crippen LogP contribution in [0.25, 0.3) is 0 Å². The molecule has 0 unspecified atom stereocenters. The Hall–Kier alpha value is -1.82. The molecule has 1 aromatic heterocycles. The first-order chi connectivity index (χ1) is 9.13. The van der Waals surface area contributed by atoms with Crippen molar-refractivity contribution in [3.05, 3.63) is 29.0 Å². The summed E-state index contributed by atoms with van der Waals surface area (Å²) in [7, 11) is 0. The maximum Gasteiger partial charge on any atom is 0.318 e. The van der Waals surface area contributed by atoms with Crippen LogP contribution < -0.4 is 16.4 Å². The Balaban J connectivity index is 2.65. The second kappa shape index (κ2) is 8.31. The van der Waals surface area contributed by atoms with E-state index in [1.54, 1.807) is 18.3 Å². The van der Waals surface area contributed by atoms with Gasteiger partial charge in [-0.25, -0.2) is 9.79 Å². The summed E-state index contributed by atoms with van der Waals surface area (Å²) in [5.74, 6) is 0.336. The van der Waals surface area contributed by atoms with Crippen LogP contribution in [0.15, 0.2) is 23.3 Å². The van der Waals surface area contributed by atoms with Crippen molar-refractivity contribution in [2.45, 2.75) is 26.3 Å². The third-order valence-electron chi connectivity index (χ3n) is 2.29. The number of aliphatic imine (C=N–C) groups is 1. The molecule has 0 aromatic carbocycles. The minimum Gasteiger partial charge on any atom is -0.356 e. The van der Waals surface area contributed by atoms with E-state index < -0.39 is 6.03 Å². The lowest BCUT2D eigenvalue weighted by Gasteiger charge is -2.09. The summed E-state index contributed by atoms with van der Waals surface area (Å²) in [6.45, 7) is 3.06. The highest BCUT2D eigenvalue weighted by atomic mass is 35.5. The van der Waals surface area contributed by atoms with Crippen molar-refractivity contribution in [3.63, 3.8) is 0 Å². The maximum absolute atomic E-state index is 10.9. The van der Waals surface area contributed by atoms with Crippen LogP contribution in [0.1, 0.15) is 25.5 Å². The lowest BCUT2D eigenvalue weighted by atomic mass is 10.3. The first kappa shape index (κ1) is 15.2. The van der Waals surface area contributed by atoms with Gasteiger partial charge in [-0.3, -0.25) is 10.3 Å². The summed E-state index contributed by atoms with van der Waals surface area (Å²) in [5.41, 5.74) is 5.73. The highest BCUT2D eigenvalue weighted by Gasteiger charge is 2.03. The first-order valence-corrected chi connectivity index (χ1v) is 6.45. The number of pyridine rings is 1. The molecule has 1 aromatic rings. The van der Waals surface area contributed by atoms with E-state index in [9.17, 15) is 4.79 Å². The highest BCUT2D eigenvalue weighted by Crippen LogP contribution is 2.12. The number of nitrogens with one attached hydrogen (secondary N) is 2. The average Bonchev–Trinajstić information content (AvgIpc) is 2.37. The van der Waals surface area contributed by atoms with Crippen LogP contribution in [0.2, 0.25) is 5.02 Å². The molecule has 0 aliphatic carbocycles. The van der Waals surface area contributed by atoms with Crippen molar-refractivity contribution in [1.82, 2.24) is 15.6 Å². The van der Waals surface area contributed by atoms with Crippen molar-refractivity contribution in [2.24, 2.45) is 10.7 Å². The van der Waals surface area contributed by atoms with E-state index in [0.717, 1.165) is 12.8 Å². The number of carbonyl (C=O) groups excluding carboxylic acids is 1. The molecule has 0 aliphatic rings. The first-order valence-electron chi connectivity index (χ1n) is 6.07. The maximum atomic E-state index is 10.9. The third-order valence-corrected chi connectivity index (χ3v) is 2.63. The van der Waals surface area contributed by atoms with Gasteiger partial charge in [0, 0.05) is 12.7 Å². The second-order valence-corrected chi connectivity index (χ2v) is 4.27. The summed E-state index contributed by atoms with van der Waals surface area (Å²) in [6.07, 6.45) is 3.66. The van der Waals surface area contributed by atoms with Gasteiger partial charge in [0.15, 0.2) is 5.96 Å². The Morgan fingerprint density at radius 1 is 1.58 bits per heavy atom. The number of hydrogen-bond donors (Lipinski definition) is 3. The minimum atomic E-state index is -0.658. The van der Waals surface area contributed by atoms with Crippen molar-refractivity contribution >= 4 is 23.6 Å². The zero-order valence-corrected chi connectivity index (χ0v) is 11.6. The highest BCUT2D eigenvalue weighted by molar-refractivity contribution is 6.31. The topological polar surface area (TPSA) is 92.4 Å². The van der Waals surface area contributed by atoms with Gasteiger partial charge >= 0.3 is 6.03 Å². The Labute approximate surface area is 117 Å². The standard InChI is InChI=1S/C12H18ClN5O/c1-2-3-6-16-12(18-11(14)19)17-8-10-9(13)5-4-7-15-10/h4-5,7H,2-3,6,8H2,1H3,(H4,14,16,17,18,19). The van der Waals surface area contributed by atoms with E-state index in [0.29, 0.717) is 23.2 Å². The number of rotatable bonds is 5. The number of carbonyl (C=O) groups is 1. The zero-order chi connectivity index (χ0) is 14.1. The molecule has 2 amide bonds. The average molecular weight is 284 g/mol. The Morgan fingerprint density at radius 2 is 2.37 bits per heavy atom. The largest absolute Gasteiger partial charge is 0.356 e. The number of aromatic nitrogens is 1. The zero-order valence-electron chi connectivity index (χ0n) is 10.8. The van der Waals surface area contributed by atoms with E-state index in [2.05, 4.69) is 27.5 Å². The number of amides is 2. The van der Waals surface area contributed by atoms with Crippen molar-refractivity contribution < 1.29 is 4.79 Å². The number of primary amides is 1. The van der Waals surface area contributed by atoms with Crippen LogP contribution in [-0.2, 0) is 6.54 Å². The van der Waals surface area contributed by atoms with Crippen LogP contribution in [0.4, 0.5) is 4.79 Å². The molecular formula is C12H18ClN5O. The number of nitrogens with zero attached hydrogens (tertiary/aromatic N) is 2. The van der Waals surface area contributed by atoms with Crippen LogP contribution in [0, 0.1) is 0 Å². The smallest absolute Gasteiger partial charge is 0.318 e. The molecule has 6 nitrogen and oxygen atoms in total. The molecule has 104 valence electrons. The predicted molar refractivity (Wildman–Crippen MR) is 76.0 cm³/mol. The molecule has 0 saturated heterocycles. The summed E-state index contributed by atoms with van der Waals surface area (Å²) in [6, 6.07) is 2.83. The monoisotopic (exact) mass is 283 g/mol. The second-order valence-electron chi connectivity index (χ2n) is 3.87. The van der Waals surface area contributed by atoms with Crippen LogP contribution in [0.5, 0.6) is 0 Å². The summed E-state index contributed by atoms with van der Waals surface area (Å²) >= 11 is 5.98. The lowest BCUT2D eigenvalue weighted by Crippen LogP contribution is -2.44. The van der Waals surface area contributed by atoms with Crippen LogP contribution >= 0.6 is 11.6 Å². The van der Waals surface area contributed by atoms with Crippen molar-refractivity contribution in [3.8, 4) is 0 Å². The summed E-state index contributed by atoms with van der Waals surface area (Å²) in [4.78, 5) is 19.2. The van der Waals surface area contributed by atoms with Gasteiger partial charge in [0.05, 0.1) is 17.3 Å². The van der Waals surface area contributed by atoms with Gasteiger partial charge in [-0.05, 0) is 18.6 Å². The van der Waals surface area contributed by atoms with E-state index in [4.69, 9.17) is 17.3 Å². The molecule has 19 heavy (non-hydrogen) atoms.